The summed E-state index contributed by atoms with van der Waals surface area (Å²) < 4.78 is 18.1. The number of amides is 1. The molecule has 0 radical (unpaired) electrons. The summed E-state index contributed by atoms with van der Waals surface area (Å²) in [6.07, 6.45) is 2.36. The van der Waals surface area contributed by atoms with Gasteiger partial charge in [-0.1, -0.05) is 29.8 Å². The summed E-state index contributed by atoms with van der Waals surface area (Å²) in [5.74, 6) is -0.260. The monoisotopic (exact) mass is 376 g/mol. The fourth-order valence-electron chi connectivity index (χ4n) is 2.11. The molecule has 0 saturated heterocycles. The van der Waals surface area contributed by atoms with Gasteiger partial charge < -0.3 is 4.74 Å². The topological polar surface area (TPSA) is 51.2 Å². The second-order valence-electron chi connectivity index (χ2n) is 5.19. The molecule has 1 aromatic heterocycles. The molecule has 0 spiro atoms. The molecule has 4 nitrogen and oxygen atoms in total. The van der Waals surface area contributed by atoms with Gasteiger partial charge in [0, 0.05) is 22.5 Å². The molecule has 0 aliphatic carbocycles. The zero-order valence-electron chi connectivity index (χ0n) is 13.0. The second kappa shape index (κ2) is 8.09. The average Bonchev–Trinajstić information content (AvgIpc) is 3.03. The highest BCUT2D eigenvalue weighted by Gasteiger charge is 2.09. The number of thiazole rings is 1. The van der Waals surface area contributed by atoms with Gasteiger partial charge in [0.05, 0.1) is 0 Å². The number of nitrogens with zero attached hydrogens (tertiary/aromatic N) is 1. The lowest BCUT2D eigenvalue weighted by Gasteiger charge is -2.05. The number of carbonyl (C=O) groups is 1. The van der Waals surface area contributed by atoms with Crippen LogP contribution in [0.15, 0.2) is 54.7 Å². The Morgan fingerprint density at radius 2 is 1.96 bits per heavy atom. The third-order valence-electron chi connectivity index (χ3n) is 3.31. The highest BCUT2D eigenvalue weighted by Crippen LogP contribution is 2.24. The van der Waals surface area contributed by atoms with Crippen molar-refractivity contribution in [3.8, 4) is 5.75 Å². The highest BCUT2D eigenvalue weighted by atomic mass is 35.5. The van der Waals surface area contributed by atoms with E-state index in [1.54, 1.807) is 6.20 Å². The minimum absolute atomic E-state index is 0.176. The van der Waals surface area contributed by atoms with Crippen molar-refractivity contribution in [3.05, 3.63) is 76.0 Å². The van der Waals surface area contributed by atoms with E-state index in [2.05, 4.69) is 10.3 Å². The van der Waals surface area contributed by atoms with E-state index in [1.807, 2.05) is 24.3 Å². The molecule has 0 saturated carbocycles. The van der Waals surface area contributed by atoms with Crippen molar-refractivity contribution < 1.29 is 13.9 Å². The van der Waals surface area contributed by atoms with E-state index in [4.69, 9.17) is 16.3 Å². The molecule has 0 atom stereocenters. The van der Waals surface area contributed by atoms with Gasteiger partial charge in [-0.3, -0.25) is 10.1 Å². The molecule has 128 valence electrons. The summed E-state index contributed by atoms with van der Waals surface area (Å²) in [4.78, 5) is 17.1. The van der Waals surface area contributed by atoms with Gasteiger partial charge in [0.2, 0.25) is 0 Å². The van der Waals surface area contributed by atoms with Gasteiger partial charge in [0.25, 0.3) is 5.91 Å². The number of aromatic nitrogens is 1. The number of hydrogen-bond donors (Lipinski definition) is 1. The lowest BCUT2D eigenvalue weighted by atomic mass is 10.1. The minimum atomic E-state index is -0.356. The number of rotatable bonds is 6. The predicted octanol–water partition coefficient (Wildman–Crippen LogP) is 4.54. The molecule has 25 heavy (non-hydrogen) atoms. The summed E-state index contributed by atoms with van der Waals surface area (Å²) in [6, 6.07) is 13.1. The number of carbonyl (C=O) groups excluding carboxylic acids is 1. The van der Waals surface area contributed by atoms with Gasteiger partial charge in [0.15, 0.2) is 11.7 Å². The van der Waals surface area contributed by atoms with E-state index < -0.39 is 0 Å². The Hall–Kier alpha value is -2.44. The fraction of sp³-hybridized carbons (Fsp3) is 0.111. The average molecular weight is 377 g/mol. The summed E-state index contributed by atoms with van der Waals surface area (Å²) in [7, 11) is 0. The van der Waals surface area contributed by atoms with Crippen LogP contribution in [0.3, 0.4) is 0 Å². The van der Waals surface area contributed by atoms with E-state index in [0.717, 1.165) is 10.4 Å². The smallest absolute Gasteiger partial charge is 0.264 e. The number of hydrogen-bond acceptors (Lipinski definition) is 4. The Labute approximate surface area is 153 Å². The van der Waals surface area contributed by atoms with E-state index in [-0.39, 0.29) is 18.3 Å². The molecule has 1 heterocycles. The van der Waals surface area contributed by atoms with Gasteiger partial charge in [-0.05, 0) is 35.9 Å². The molecule has 0 aliphatic rings. The summed E-state index contributed by atoms with van der Waals surface area (Å²) >= 11 is 7.53. The third-order valence-corrected chi connectivity index (χ3v) is 4.59. The molecule has 0 unspecified atom stereocenters. The zero-order chi connectivity index (χ0) is 17.6. The van der Waals surface area contributed by atoms with E-state index in [1.165, 1.54) is 35.6 Å². The SMILES string of the molecule is O=C(COc1ccc(F)cc1)Nc1ncc(Cc2ccccc2Cl)s1. The maximum Gasteiger partial charge on any atom is 0.264 e. The van der Waals surface area contributed by atoms with Crippen LogP contribution in [0.2, 0.25) is 5.02 Å². The second-order valence-corrected chi connectivity index (χ2v) is 6.71. The van der Waals surface area contributed by atoms with Gasteiger partial charge in [0.1, 0.15) is 11.6 Å². The van der Waals surface area contributed by atoms with Crippen LogP contribution in [0.5, 0.6) is 5.75 Å². The van der Waals surface area contributed by atoms with Crippen LogP contribution in [0.25, 0.3) is 0 Å². The van der Waals surface area contributed by atoms with Crippen molar-refractivity contribution in [2.75, 3.05) is 11.9 Å². The molecule has 1 amide bonds. The van der Waals surface area contributed by atoms with Gasteiger partial charge in [-0.25, -0.2) is 9.37 Å². The van der Waals surface area contributed by atoms with E-state index in [0.29, 0.717) is 22.3 Å². The van der Waals surface area contributed by atoms with Crippen LogP contribution in [0.4, 0.5) is 9.52 Å². The Morgan fingerprint density at radius 1 is 1.20 bits per heavy atom. The van der Waals surface area contributed by atoms with E-state index in [9.17, 15) is 9.18 Å². The molecule has 0 aliphatic heterocycles. The fourth-order valence-corrected chi connectivity index (χ4v) is 3.17. The molecule has 0 fully saturated rings. The van der Waals surface area contributed by atoms with Crippen LogP contribution in [-0.2, 0) is 11.2 Å². The maximum atomic E-state index is 12.8. The van der Waals surface area contributed by atoms with Crippen molar-refractivity contribution >= 4 is 34.0 Å². The Bertz CT molecular complexity index is 868. The molecule has 2 aromatic carbocycles. The summed E-state index contributed by atoms with van der Waals surface area (Å²) in [5.41, 5.74) is 1.00. The van der Waals surface area contributed by atoms with Crippen molar-refractivity contribution in [1.29, 1.82) is 0 Å². The predicted molar refractivity (Wildman–Crippen MR) is 96.9 cm³/mol. The first kappa shape index (κ1) is 17.4. The molecule has 0 bridgehead atoms. The number of halogens is 2. The Balaban J connectivity index is 1.53. The van der Waals surface area contributed by atoms with Crippen molar-refractivity contribution in [1.82, 2.24) is 4.98 Å². The first-order chi connectivity index (χ1) is 12.1. The molecule has 7 heteroatoms. The molecular weight excluding hydrogens is 363 g/mol. The molecular formula is C18H14ClFN2O2S. The minimum Gasteiger partial charge on any atom is -0.484 e. The van der Waals surface area contributed by atoms with Crippen LogP contribution in [0.1, 0.15) is 10.4 Å². The lowest BCUT2D eigenvalue weighted by molar-refractivity contribution is -0.118. The number of anilines is 1. The van der Waals surface area contributed by atoms with Crippen LogP contribution in [0, 0.1) is 5.82 Å². The normalized spacial score (nSPS) is 10.5. The third kappa shape index (κ3) is 5.01. The van der Waals surface area contributed by atoms with E-state index >= 15 is 0 Å². The molecule has 3 aromatic rings. The zero-order valence-corrected chi connectivity index (χ0v) is 14.6. The van der Waals surface area contributed by atoms with Crippen molar-refractivity contribution in [2.45, 2.75) is 6.42 Å². The van der Waals surface area contributed by atoms with Gasteiger partial charge in [-0.15, -0.1) is 11.3 Å². The van der Waals surface area contributed by atoms with Crippen molar-refractivity contribution in [3.63, 3.8) is 0 Å². The number of nitrogens with one attached hydrogen (secondary N) is 1. The largest absolute Gasteiger partial charge is 0.484 e. The van der Waals surface area contributed by atoms with Gasteiger partial charge >= 0.3 is 0 Å². The Morgan fingerprint density at radius 3 is 2.72 bits per heavy atom. The number of ether oxygens (including phenoxy) is 1. The standard InChI is InChI=1S/C18H14ClFN2O2S/c19-16-4-2-1-3-12(16)9-15-10-21-18(25-15)22-17(23)11-24-14-7-5-13(20)6-8-14/h1-8,10H,9,11H2,(H,21,22,23). The van der Waals surface area contributed by atoms with Gasteiger partial charge in [-0.2, -0.15) is 0 Å². The summed E-state index contributed by atoms with van der Waals surface area (Å²) in [6.45, 7) is -0.176. The first-order valence-corrected chi connectivity index (χ1v) is 8.66. The maximum absolute atomic E-state index is 12.8. The van der Waals surface area contributed by atoms with Crippen LogP contribution < -0.4 is 10.1 Å². The summed E-state index contributed by atoms with van der Waals surface area (Å²) in [5, 5.41) is 3.88. The van der Waals surface area contributed by atoms with Crippen molar-refractivity contribution in [2.24, 2.45) is 0 Å². The quantitative estimate of drug-likeness (QED) is 0.687. The molecule has 3 rings (SSSR count). The number of benzene rings is 2. The Kier molecular flexibility index (Phi) is 5.63. The van der Waals surface area contributed by atoms with Crippen LogP contribution in [-0.4, -0.2) is 17.5 Å². The van der Waals surface area contributed by atoms with Crippen LogP contribution >= 0.6 is 22.9 Å². The lowest BCUT2D eigenvalue weighted by Crippen LogP contribution is -2.19. The first-order valence-electron chi connectivity index (χ1n) is 7.46. The molecule has 1 N–H and O–H groups in total. The highest BCUT2D eigenvalue weighted by molar-refractivity contribution is 7.15.